The molecule has 4 heterocycles. The van der Waals surface area contributed by atoms with Gasteiger partial charge < -0.3 is 9.80 Å². The van der Waals surface area contributed by atoms with Crippen LogP contribution in [0.1, 0.15) is 36.2 Å². The van der Waals surface area contributed by atoms with Gasteiger partial charge in [0.25, 0.3) is 5.91 Å². The van der Waals surface area contributed by atoms with Crippen LogP contribution in [0, 0.1) is 5.41 Å². The summed E-state index contributed by atoms with van der Waals surface area (Å²) in [6.07, 6.45) is 6.41. The molecule has 2 fully saturated rings. The highest BCUT2D eigenvalue weighted by Gasteiger charge is 2.40. The minimum Gasteiger partial charge on any atom is -0.356 e. The molecule has 0 saturated carbocycles. The van der Waals surface area contributed by atoms with Crippen LogP contribution in [-0.4, -0.2) is 51.6 Å². The van der Waals surface area contributed by atoms with E-state index < -0.39 is 0 Å². The number of pyridine rings is 1. The summed E-state index contributed by atoms with van der Waals surface area (Å²) < 4.78 is 3.80. The molecular weight excluding hydrogens is 322 g/mol. The minimum atomic E-state index is 0.0241. The van der Waals surface area contributed by atoms with E-state index in [4.69, 9.17) is 0 Å². The molecule has 24 heavy (non-hydrogen) atoms. The summed E-state index contributed by atoms with van der Waals surface area (Å²) in [5.41, 5.74) is 0.794. The van der Waals surface area contributed by atoms with Crippen LogP contribution in [0.2, 0.25) is 0 Å². The Balaban J connectivity index is 1.41. The van der Waals surface area contributed by atoms with Crippen molar-refractivity contribution >= 4 is 23.3 Å². The van der Waals surface area contributed by atoms with E-state index in [1.807, 2.05) is 23.2 Å². The molecule has 6 nitrogen and oxygen atoms in total. The molecule has 126 valence electrons. The second-order valence-corrected chi connectivity index (χ2v) is 7.41. The van der Waals surface area contributed by atoms with Crippen molar-refractivity contribution in [3.63, 3.8) is 0 Å². The van der Waals surface area contributed by atoms with Crippen molar-refractivity contribution in [2.45, 2.75) is 25.7 Å². The SMILES string of the molecule is O=C(c1csnn1)N1CCC2(CCCN(c3ccccn3)C2)CC1. The van der Waals surface area contributed by atoms with Gasteiger partial charge in [-0.1, -0.05) is 10.6 Å². The van der Waals surface area contributed by atoms with E-state index in [1.165, 1.54) is 24.4 Å². The molecule has 0 aromatic carbocycles. The van der Waals surface area contributed by atoms with Crippen LogP contribution in [0.25, 0.3) is 0 Å². The highest BCUT2D eigenvalue weighted by Crippen LogP contribution is 2.40. The Morgan fingerprint density at radius 3 is 2.75 bits per heavy atom. The quantitative estimate of drug-likeness (QED) is 0.838. The van der Waals surface area contributed by atoms with Gasteiger partial charge in [-0.15, -0.1) is 5.10 Å². The number of hydrogen-bond acceptors (Lipinski definition) is 6. The van der Waals surface area contributed by atoms with Gasteiger partial charge >= 0.3 is 0 Å². The largest absolute Gasteiger partial charge is 0.356 e. The second kappa shape index (κ2) is 6.47. The lowest BCUT2D eigenvalue weighted by Gasteiger charge is -2.48. The van der Waals surface area contributed by atoms with Gasteiger partial charge in [-0.3, -0.25) is 4.79 Å². The summed E-state index contributed by atoms with van der Waals surface area (Å²) in [7, 11) is 0. The second-order valence-electron chi connectivity index (χ2n) is 6.80. The Kier molecular flexibility index (Phi) is 4.18. The van der Waals surface area contributed by atoms with Gasteiger partial charge in [-0.05, 0) is 54.8 Å². The lowest BCUT2D eigenvalue weighted by Crippen LogP contribution is -2.51. The maximum absolute atomic E-state index is 12.4. The van der Waals surface area contributed by atoms with Crippen molar-refractivity contribution in [3.8, 4) is 0 Å². The first kappa shape index (κ1) is 15.5. The van der Waals surface area contributed by atoms with Crippen molar-refractivity contribution < 1.29 is 4.79 Å². The molecule has 0 N–H and O–H groups in total. The van der Waals surface area contributed by atoms with Gasteiger partial charge in [0, 0.05) is 37.8 Å². The topological polar surface area (TPSA) is 62.2 Å². The highest BCUT2D eigenvalue weighted by atomic mass is 32.1. The van der Waals surface area contributed by atoms with E-state index >= 15 is 0 Å². The first-order valence-electron chi connectivity index (χ1n) is 8.48. The third kappa shape index (κ3) is 3.00. The Morgan fingerprint density at radius 2 is 2.04 bits per heavy atom. The van der Waals surface area contributed by atoms with E-state index in [9.17, 15) is 4.79 Å². The van der Waals surface area contributed by atoms with Crippen molar-refractivity contribution in [3.05, 3.63) is 35.5 Å². The molecule has 0 unspecified atom stereocenters. The molecule has 1 spiro atoms. The fourth-order valence-electron chi connectivity index (χ4n) is 3.96. The lowest BCUT2D eigenvalue weighted by molar-refractivity contribution is 0.0535. The lowest BCUT2D eigenvalue weighted by atomic mass is 9.72. The fraction of sp³-hybridized carbons (Fsp3) is 0.529. The monoisotopic (exact) mass is 343 g/mol. The zero-order chi connectivity index (χ0) is 16.4. The van der Waals surface area contributed by atoms with Gasteiger partial charge in [0.05, 0.1) is 0 Å². The maximum Gasteiger partial charge on any atom is 0.275 e. The molecule has 4 rings (SSSR count). The number of anilines is 1. The highest BCUT2D eigenvalue weighted by molar-refractivity contribution is 7.03. The number of carbonyl (C=O) groups is 1. The molecule has 0 aliphatic carbocycles. The van der Waals surface area contributed by atoms with E-state index in [1.54, 1.807) is 5.38 Å². The zero-order valence-electron chi connectivity index (χ0n) is 13.6. The van der Waals surface area contributed by atoms with Gasteiger partial charge in [0.2, 0.25) is 0 Å². The van der Waals surface area contributed by atoms with Crippen molar-refractivity contribution in [2.24, 2.45) is 5.41 Å². The summed E-state index contributed by atoms with van der Waals surface area (Å²) >= 11 is 1.23. The van der Waals surface area contributed by atoms with Gasteiger partial charge in [-0.25, -0.2) is 4.98 Å². The Labute approximate surface area is 145 Å². The Hall–Kier alpha value is -2.02. The summed E-state index contributed by atoms with van der Waals surface area (Å²) in [5.74, 6) is 1.10. The standard InChI is InChI=1S/C17H21N5OS/c23-16(14-12-24-20-19-14)21-10-6-17(7-11-21)5-3-9-22(13-17)15-4-1-2-8-18-15/h1-2,4,8,12H,3,5-7,9-11,13H2. The maximum atomic E-state index is 12.4. The molecule has 2 aliphatic heterocycles. The van der Waals surface area contributed by atoms with Gasteiger partial charge in [-0.2, -0.15) is 0 Å². The summed E-state index contributed by atoms with van der Waals surface area (Å²) in [5, 5.41) is 5.64. The van der Waals surface area contributed by atoms with Crippen LogP contribution < -0.4 is 4.90 Å². The number of piperidine rings is 2. The van der Waals surface area contributed by atoms with Crippen molar-refractivity contribution in [1.29, 1.82) is 0 Å². The average molecular weight is 343 g/mol. The molecule has 2 aromatic rings. The van der Waals surface area contributed by atoms with E-state index in [0.29, 0.717) is 11.1 Å². The predicted octanol–water partition coefficient (Wildman–Crippen LogP) is 2.46. The van der Waals surface area contributed by atoms with Crippen LogP contribution in [0.3, 0.4) is 0 Å². The smallest absolute Gasteiger partial charge is 0.275 e. The van der Waals surface area contributed by atoms with Crippen molar-refractivity contribution in [1.82, 2.24) is 19.5 Å². The first-order chi connectivity index (χ1) is 11.8. The third-order valence-corrected chi connectivity index (χ3v) is 5.83. The summed E-state index contributed by atoms with van der Waals surface area (Å²) in [6, 6.07) is 6.10. The van der Waals surface area contributed by atoms with Crippen LogP contribution in [-0.2, 0) is 0 Å². The number of rotatable bonds is 2. The number of likely N-dealkylation sites (tertiary alicyclic amines) is 1. The van der Waals surface area contributed by atoms with Crippen LogP contribution >= 0.6 is 11.5 Å². The van der Waals surface area contributed by atoms with E-state index in [2.05, 4.69) is 25.5 Å². The van der Waals surface area contributed by atoms with Crippen LogP contribution in [0.15, 0.2) is 29.8 Å². The zero-order valence-corrected chi connectivity index (χ0v) is 14.4. The normalized spacial score (nSPS) is 20.3. The molecule has 2 aliphatic rings. The predicted molar refractivity (Wildman–Crippen MR) is 93.2 cm³/mol. The summed E-state index contributed by atoms with van der Waals surface area (Å²) in [4.78, 5) is 21.3. The third-order valence-electron chi connectivity index (χ3n) is 5.33. The number of amides is 1. The van der Waals surface area contributed by atoms with Crippen LogP contribution in [0.4, 0.5) is 5.82 Å². The Bertz CT molecular complexity index is 682. The molecule has 1 amide bonds. The number of nitrogens with zero attached hydrogens (tertiary/aromatic N) is 5. The Morgan fingerprint density at radius 1 is 1.17 bits per heavy atom. The molecule has 2 saturated heterocycles. The van der Waals surface area contributed by atoms with E-state index in [0.717, 1.165) is 44.8 Å². The fourth-order valence-corrected chi connectivity index (χ4v) is 4.39. The number of aromatic nitrogens is 3. The molecule has 0 bridgehead atoms. The first-order valence-corrected chi connectivity index (χ1v) is 9.32. The average Bonchev–Trinajstić information content (AvgIpc) is 3.17. The summed E-state index contributed by atoms with van der Waals surface area (Å²) in [6.45, 7) is 3.75. The number of carbonyl (C=O) groups excluding carboxylic acids is 1. The minimum absolute atomic E-state index is 0.0241. The molecule has 0 radical (unpaired) electrons. The van der Waals surface area contributed by atoms with E-state index in [-0.39, 0.29) is 5.91 Å². The van der Waals surface area contributed by atoms with Gasteiger partial charge in [0.15, 0.2) is 5.69 Å². The molecule has 7 heteroatoms. The number of hydrogen-bond donors (Lipinski definition) is 0. The van der Waals surface area contributed by atoms with Crippen molar-refractivity contribution in [2.75, 3.05) is 31.1 Å². The molecular formula is C17H21N5OS. The molecule has 2 aromatic heterocycles. The van der Waals surface area contributed by atoms with Crippen LogP contribution in [0.5, 0.6) is 0 Å². The molecule has 0 atom stereocenters. The van der Waals surface area contributed by atoms with Gasteiger partial charge in [0.1, 0.15) is 5.82 Å².